The lowest BCUT2D eigenvalue weighted by Crippen LogP contribution is -2.30. The normalized spacial score (nSPS) is 10.4. The van der Waals surface area contributed by atoms with E-state index in [1.807, 2.05) is 83.8 Å². The second-order valence-electron chi connectivity index (χ2n) is 7.53. The molecule has 158 valence electrons. The Morgan fingerprint density at radius 2 is 1.03 bits per heavy atom. The Labute approximate surface area is 188 Å². The van der Waals surface area contributed by atoms with Crippen LogP contribution in [0, 0.1) is 0 Å². The van der Waals surface area contributed by atoms with E-state index in [2.05, 4.69) is 5.32 Å². The molecule has 0 saturated heterocycles. The van der Waals surface area contributed by atoms with Crippen LogP contribution >= 0.6 is 0 Å². The first-order valence-electron chi connectivity index (χ1n) is 10.5. The third kappa shape index (κ3) is 5.49. The van der Waals surface area contributed by atoms with Crippen molar-refractivity contribution in [2.24, 2.45) is 0 Å². The van der Waals surface area contributed by atoms with E-state index in [9.17, 15) is 9.59 Å². The van der Waals surface area contributed by atoms with Gasteiger partial charge in [-0.2, -0.15) is 0 Å². The molecule has 0 unspecified atom stereocenters. The van der Waals surface area contributed by atoms with Gasteiger partial charge in [0.15, 0.2) is 0 Å². The maximum atomic E-state index is 13.3. The van der Waals surface area contributed by atoms with Gasteiger partial charge in [-0.15, -0.1) is 0 Å². The predicted molar refractivity (Wildman–Crippen MR) is 127 cm³/mol. The zero-order valence-electron chi connectivity index (χ0n) is 17.6. The van der Waals surface area contributed by atoms with Crippen LogP contribution in [0.15, 0.2) is 115 Å². The number of hydrogen-bond acceptors (Lipinski definition) is 2. The summed E-state index contributed by atoms with van der Waals surface area (Å²) in [5, 5.41) is 2.87. The van der Waals surface area contributed by atoms with E-state index >= 15 is 0 Å². The molecule has 4 heteroatoms. The molecule has 0 saturated carbocycles. The van der Waals surface area contributed by atoms with Crippen LogP contribution in [0.25, 0.3) is 0 Å². The molecule has 4 nitrogen and oxygen atoms in total. The fraction of sp³-hybridized carbons (Fsp3) is 0.0714. The summed E-state index contributed by atoms with van der Waals surface area (Å²) in [6.45, 7) is 1.03. The highest BCUT2D eigenvalue weighted by molar-refractivity contribution is 6.04. The van der Waals surface area contributed by atoms with Crippen LogP contribution in [0.5, 0.6) is 0 Å². The molecule has 0 spiro atoms. The molecule has 32 heavy (non-hydrogen) atoms. The average molecular weight is 421 g/mol. The van der Waals surface area contributed by atoms with Crippen molar-refractivity contribution >= 4 is 17.5 Å². The third-order valence-electron chi connectivity index (χ3n) is 5.15. The molecule has 4 rings (SSSR count). The molecule has 4 aromatic carbocycles. The van der Waals surface area contributed by atoms with Crippen molar-refractivity contribution in [3.63, 3.8) is 0 Å². The number of rotatable bonds is 7. The quantitative estimate of drug-likeness (QED) is 0.412. The van der Waals surface area contributed by atoms with Crippen molar-refractivity contribution < 1.29 is 9.59 Å². The zero-order valence-corrected chi connectivity index (χ0v) is 17.6. The predicted octanol–water partition coefficient (Wildman–Crippen LogP) is 5.78. The summed E-state index contributed by atoms with van der Waals surface area (Å²) in [7, 11) is 0. The van der Waals surface area contributed by atoms with E-state index in [0.717, 1.165) is 11.1 Å². The number of anilines is 1. The second-order valence-corrected chi connectivity index (χ2v) is 7.53. The molecule has 0 aliphatic carbocycles. The van der Waals surface area contributed by atoms with Crippen LogP contribution in [0.3, 0.4) is 0 Å². The van der Waals surface area contributed by atoms with Gasteiger partial charge in [0.2, 0.25) is 0 Å². The Hall–Kier alpha value is -4.18. The van der Waals surface area contributed by atoms with Gasteiger partial charge in [-0.3, -0.25) is 9.59 Å². The van der Waals surface area contributed by atoms with Gasteiger partial charge in [-0.05, 0) is 47.5 Å². The molecule has 2 amide bonds. The molecule has 1 N–H and O–H groups in total. The topological polar surface area (TPSA) is 49.4 Å². The zero-order chi connectivity index (χ0) is 22.2. The van der Waals surface area contributed by atoms with Crippen molar-refractivity contribution in [1.29, 1.82) is 0 Å². The summed E-state index contributed by atoms with van der Waals surface area (Å²) in [5.41, 5.74) is 3.96. The van der Waals surface area contributed by atoms with Gasteiger partial charge >= 0.3 is 0 Å². The first kappa shape index (κ1) is 21.1. The number of carbonyl (C=O) groups excluding carboxylic acids is 2. The summed E-state index contributed by atoms with van der Waals surface area (Å²) in [6.07, 6.45) is 0. The number of nitrogens with one attached hydrogen (secondary N) is 1. The van der Waals surface area contributed by atoms with Crippen LogP contribution in [0.1, 0.15) is 31.8 Å². The smallest absolute Gasteiger partial charge is 0.255 e. The fourth-order valence-electron chi connectivity index (χ4n) is 3.48. The number of hydrogen-bond donors (Lipinski definition) is 1. The maximum absolute atomic E-state index is 13.3. The SMILES string of the molecule is O=C(Nc1ccc(C(=O)N(Cc2ccccc2)Cc2ccccc2)cc1)c1ccccc1. The highest BCUT2D eigenvalue weighted by Gasteiger charge is 2.17. The molecular weight excluding hydrogens is 396 g/mol. The molecule has 0 atom stereocenters. The Morgan fingerprint density at radius 1 is 0.562 bits per heavy atom. The lowest BCUT2D eigenvalue weighted by atomic mass is 10.1. The Morgan fingerprint density at radius 3 is 1.53 bits per heavy atom. The number of carbonyl (C=O) groups is 2. The third-order valence-corrected chi connectivity index (χ3v) is 5.15. The largest absolute Gasteiger partial charge is 0.330 e. The molecule has 0 bridgehead atoms. The summed E-state index contributed by atoms with van der Waals surface area (Å²) >= 11 is 0. The minimum absolute atomic E-state index is 0.0568. The summed E-state index contributed by atoms with van der Waals surface area (Å²) in [5.74, 6) is -0.238. The highest BCUT2D eigenvalue weighted by atomic mass is 16.2. The molecule has 0 aromatic heterocycles. The van der Waals surface area contributed by atoms with Crippen LogP contribution in [0.2, 0.25) is 0 Å². The van der Waals surface area contributed by atoms with Gasteiger partial charge in [-0.1, -0.05) is 78.9 Å². The first-order valence-corrected chi connectivity index (χ1v) is 10.5. The van der Waals surface area contributed by atoms with E-state index in [1.165, 1.54) is 0 Å². The number of amides is 2. The van der Waals surface area contributed by atoms with Gasteiger partial charge in [0, 0.05) is 29.9 Å². The van der Waals surface area contributed by atoms with E-state index in [-0.39, 0.29) is 11.8 Å². The second kappa shape index (κ2) is 10.2. The molecule has 0 aliphatic heterocycles. The van der Waals surface area contributed by atoms with Crippen molar-refractivity contribution in [1.82, 2.24) is 4.90 Å². The van der Waals surface area contributed by atoms with Gasteiger partial charge in [-0.25, -0.2) is 0 Å². The maximum Gasteiger partial charge on any atom is 0.255 e. The number of benzene rings is 4. The van der Waals surface area contributed by atoms with Crippen molar-refractivity contribution in [3.8, 4) is 0 Å². The van der Waals surface area contributed by atoms with Crippen LogP contribution in [-0.4, -0.2) is 16.7 Å². The Balaban J connectivity index is 1.50. The lowest BCUT2D eigenvalue weighted by Gasteiger charge is -2.23. The van der Waals surface area contributed by atoms with Crippen molar-refractivity contribution in [3.05, 3.63) is 138 Å². The monoisotopic (exact) mass is 420 g/mol. The van der Waals surface area contributed by atoms with E-state index in [1.54, 1.807) is 36.4 Å². The number of nitrogens with zero attached hydrogens (tertiary/aromatic N) is 1. The van der Waals surface area contributed by atoms with Crippen molar-refractivity contribution in [2.75, 3.05) is 5.32 Å². The fourth-order valence-corrected chi connectivity index (χ4v) is 3.48. The Bertz CT molecular complexity index is 1120. The van der Waals surface area contributed by atoms with Gasteiger partial charge in [0.1, 0.15) is 0 Å². The molecule has 0 radical (unpaired) electrons. The molecule has 0 aliphatic rings. The average Bonchev–Trinajstić information content (AvgIpc) is 2.85. The minimum atomic E-state index is -0.181. The van der Waals surface area contributed by atoms with Gasteiger partial charge < -0.3 is 10.2 Å². The van der Waals surface area contributed by atoms with Crippen LogP contribution in [0.4, 0.5) is 5.69 Å². The molecule has 0 fully saturated rings. The molecule has 0 heterocycles. The molecule has 4 aromatic rings. The summed E-state index contributed by atoms with van der Waals surface area (Å²) in [6, 6.07) is 36.0. The van der Waals surface area contributed by atoms with Gasteiger partial charge in [0.25, 0.3) is 11.8 Å². The lowest BCUT2D eigenvalue weighted by molar-refractivity contribution is 0.0730. The van der Waals surface area contributed by atoms with Crippen LogP contribution in [-0.2, 0) is 13.1 Å². The van der Waals surface area contributed by atoms with Crippen LogP contribution < -0.4 is 5.32 Å². The Kier molecular flexibility index (Phi) is 6.73. The van der Waals surface area contributed by atoms with Crippen molar-refractivity contribution in [2.45, 2.75) is 13.1 Å². The van der Waals surface area contributed by atoms with E-state index < -0.39 is 0 Å². The van der Waals surface area contributed by atoms with E-state index in [0.29, 0.717) is 29.9 Å². The minimum Gasteiger partial charge on any atom is -0.330 e. The summed E-state index contributed by atoms with van der Waals surface area (Å²) in [4.78, 5) is 27.5. The standard InChI is InChI=1S/C28H24N2O2/c31-27(24-14-8-3-9-15-24)29-26-18-16-25(17-19-26)28(32)30(20-22-10-4-1-5-11-22)21-23-12-6-2-7-13-23/h1-19H,20-21H2,(H,29,31). The first-order chi connectivity index (χ1) is 15.7. The van der Waals surface area contributed by atoms with Gasteiger partial charge in [0.05, 0.1) is 0 Å². The summed E-state index contributed by atoms with van der Waals surface area (Å²) < 4.78 is 0. The molecular formula is C28H24N2O2. The van der Waals surface area contributed by atoms with E-state index in [4.69, 9.17) is 0 Å². The highest BCUT2D eigenvalue weighted by Crippen LogP contribution is 2.17.